The predicted molar refractivity (Wildman–Crippen MR) is 81.2 cm³/mol. The molecular weight excluding hydrogens is 307 g/mol. The third-order valence-corrected chi connectivity index (χ3v) is 4.23. The highest BCUT2D eigenvalue weighted by Gasteiger charge is 2.30. The average Bonchev–Trinajstić information content (AvgIpc) is 2.39. The van der Waals surface area contributed by atoms with E-state index in [1.165, 1.54) is 16.7 Å². The van der Waals surface area contributed by atoms with Crippen molar-refractivity contribution in [3.63, 3.8) is 0 Å². The highest BCUT2D eigenvalue weighted by molar-refractivity contribution is 8.13. The molecule has 1 aliphatic heterocycles. The summed E-state index contributed by atoms with van der Waals surface area (Å²) in [6.45, 7) is 1.60. The zero-order chi connectivity index (χ0) is 14.2. The van der Waals surface area contributed by atoms with Crippen molar-refractivity contribution >= 4 is 45.8 Å². The van der Waals surface area contributed by atoms with Crippen LogP contribution in [-0.2, 0) is 0 Å². The van der Waals surface area contributed by atoms with Gasteiger partial charge in [-0.25, -0.2) is 0 Å². The molecular formula is C12H12Cl2N2O2S. The van der Waals surface area contributed by atoms with Crippen LogP contribution in [0.5, 0.6) is 0 Å². The zero-order valence-electron chi connectivity index (χ0n) is 10.3. The number of thioether (sulfide) groups is 1. The highest BCUT2D eigenvalue weighted by atomic mass is 35.5. The first-order valence-electron chi connectivity index (χ1n) is 5.41. The first-order valence-corrected chi connectivity index (χ1v) is 7.39. The molecule has 0 fully saturated rings. The number of aliphatic hydroxyl groups excluding tert-OH is 2. The van der Waals surface area contributed by atoms with Crippen molar-refractivity contribution in [1.82, 2.24) is 0 Å². The topological polar surface area (TPSA) is 56.1 Å². The van der Waals surface area contributed by atoms with Crippen LogP contribution in [0.1, 0.15) is 6.92 Å². The Morgan fingerprint density at radius 1 is 1.37 bits per heavy atom. The smallest absolute Gasteiger partial charge is 0.216 e. The van der Waals surface area contributed by atoms with Crippen LogP contribution in [0.15, 0.2) is 34.6 Å². The fourth-order valence-electron chi connectivity index (χ4n) is 1.70. The molecule has 2 rings (SSSR count). The molecule has 0 saturated heterocycles. The largest absolute Gasteiger partial charge is 0.493 e. The molecule has 1 heterocycles. The molecule has 1 aliphatic rings. The monoisotopic (exact) mass is 318 g/mol. The molecule has 1 aromatic carbocycles. The van der Waals surface area contributed by atoms with Crippen molar-refractivity contribution in [3.05, 3.63) is 39.7 Å². The van der Waals surface area contributed by atoms with Gasteiger partial charge < -0.3 is 10.2 Å². The van der Waals surface area contributed by atoms with Crippen LogP contribution >= 0.6 is 35.0 Å². The minimum atomic E-state index is -1.03. The minimum absolute atomic E-state index is 0.175. The van der Waals surface area contributed by atoms with Crippen molar-refractivity contribution in [3.8, 4) is 0 Å². The molecule has 7 heteroatoms. The van der Waals surface area contributed by atoms with Gasteiger partial charge in [0.05, 0.1) is 15.7 Å². The van der Waals surface area contributed by atoms with E-state index in [0.29, 0.717) is 26.5 Å². The van der Waals surface area contributed by atoms with Crippen LogP contribution in [0, 0.1) is 0 Å². The minimum Gasteiger partial charge on any atom is -0.493 e. The standard InChI is InChI=1S/C12H12Cl2N2O2S/c1-6-10(17)15-12(19-2)16(11(6)18)8-5-3-4-7(13)9(8)14/h3-5,11,17-18H,1-2H3. The molecule has 0 aliphatic carbocycles. The second-order valence-electron chi connectivity index (χ2n) is 3.92. The number of hydrogen-bond donors (Lipinski definition) is 2. The summed E-state index contributed by atoms with van der Waals surface area (Å²) in [5, 5.41) is 21.1. The number of aliphatic hydroxyl groups is 2. The van der Waals surface area contributed by atoms with Crippen LogP contribution in [0.4, 0.5) is 5.69 Å². The number of anilines is 1. The van der Waals surface area contributed by atoms with E-state index < -0.39 is 6.23 Å². The number of benzene rings is 1. The van der Waals surface area contributed by atoms with Crippen molar-refractivity contribution in [2.24, 2.45) is 4.99 Å². The zero-order valence-corrected chi connectivity index (χ0v) is 12.6. The molecule has 4 nitrogen and oxygen atoms in total. The Morgan fingerprint density at radius 2 is 2.05 bits per heavy atom. The molecule has 19 heavy (non-hydrogen) atoms. The van der Waals surface area contributed by atoms with Crippen LogP contribution < -0.4 is 4.90 Å². The van der Waals surface area contributed by atoms with E-state index in [1.54, 1.807) is 31.4 Å². The summed E-state index contributed by atoms with van der Waals surface area (Å²) in [5.41, 5.74) is 0.899. The van der Waals surface area contributed by atoms with Gasteiger partial charge in [0.2, 0.25) is 5.88 Å². The van der Waals surface area contributed by atoms with Crippen LogP contribution in [0.2, 0.25) is 10.0 Å². The maximum absolute atomic E-state index is 10.3. The van der Waals surface area contributed by atoms with E-state index in [2.05, 4.69) is 4.99 Å². The third-order valence-electron chi connectivity index (χ3n) is 2.77. The first kappa shape index (κ1) is 14.5. The van der Waals surface area contributed by atoms with Gasteiger partial charge in [0.25, 0.3) is 0 Å². The Balaban J connectivity index is 2.55. The summed E-state index contributed by atoms with van der Waals surface area (Å²) in [6.07, 6.45) is 0.765. The normalized spacial score (nSPS) is 19.7. The van der Waals surface area contributed by atoms with E-state index in [-0.39, 0.29) is 5.88 Å². The second-order valence-corrected chi connectivity index (χ2v) is 5.48. The molecule has 0 bridgehead atoms. The van der Waals surface area contributed by atoms with Crippen molar-refractivity contribution in [1.29, 1.82) is 0 Å². The summed E-state index contributed by atoms with van der Waals surface area (Å²) in [7, 11) is 0. The SMILES string of the molecule is CSC1=NC(O)=C(C)C(O)N1c1cccc(Cl)c1Cl. The second kappa shape index (κ2) is 5.63. The van der Waals surface area contributed by atoms with E-state index in [4.69, 9.17) is 23.2 Å². The Bertz CT molecular complexity index is 575. The molecule has 0 spiro atoms. The van der Waals surface area contributed by atoms with Gasteiger partial charge in [-0.05, 0) is 25.3 Å². The van der Waals surface area contributed by atoms with Crippen LogP contribution in [-0.4, -0.2) is 27.9 Å². The number of nitrogens with zero attached hydrogens (tertiary/aromatic N) is 2. The van der Waals surface area contributed by atoms with Gasteiger partial charge in [-0.2, -0.15) is 4.99 Å². The van der Waals surface area contributed by atoms with Crippen molar-refractivity contribution in [2.45, 2.75) is 13.2 Å². The molecule has 1 atom stereocenters. The van der Waals surface area contributed by atoms with Gasteiger partial charge in [0, 0.05) is 5.57 Å². The quantitative estimate of drug-likeness (QED) is 0.830. The molecule has 102 valence electrons. The Morgan fingerprint density at radius 3 is 2.68 bits per heavy atom. The van der Waals surface area contributed by atoms with E-state index in [1.807, 2.05) is 0 Å². The highest BCUT2D eigenvalue weighted by Crippen LogP contribution is 2.37. The number of hydrogen-bond acceptors (Lipinski definition) is 5. The maximum Gasteiger partial charge on any atom is 0.216 e. The fraction of sp³-hybridized carbons (Fsp3) is 0.250. The third kappa shape index (κ3) is 2.56. The van der Waals surface area contributed by atoms with Gasteiger partial charge in [0.15, 0.2) is 11.4 Å². The lowest BCUT2D eigenvalue weighted by Crippen LogP contribution is -2.42. The lowest BCUT2D eigenvalue weighted by Gasteiger charge is -2.34. The number of halogens is 2. The van der Waals surface area contributed by atoms with Gasteiger partial charge in [-0.3, -0.25) is 4.90 Å². The van der Waals surface area contributed by atoms with E-state index in [9.17, 15) is 10.2 Å². The molecule has 0 saturated carbocycles. The maximum atomic E-state index is 10.3. The van der Waals surface area contributed by atoms with Gasteiger partial charge in [-0.1, -0.05) is 41.0 Å². The fourth-order valence-corrected chi connectivity index (χ4v) is 2.66. The summed E-state index contributed by atoms with van der Waals surface area (Å²) >= 11 is 13.5. The lowest BCUT2D eigenvalue weighted by molar-refractivity contribution is 0.208. The Hall–Kier alpha value is -0.880. The summed E-state index contributed by atoms with van der Waals surface area (Å²) in [6, 6.07) is 5.14. The molecule has 1 aromatic rings. The van der Waals surface area contributed by atoms with Gasteiger partial charge in [-0.15, -0.1) is 0 Å². The van der Waals surface area contributed by atoms with Crippen molar-refractivity contribution < 1.29 is 10.2 Å². The van der Waals surface area contributed by atoms with Crippen LogP contribution in [0.3, 0.4) is 0 Å². The lowest BCUT2D eigenvalue weighted by atomic mass is 10.2. The Kier molecular flexibility index (Phi) is 4.30. The molecule has 0 aromatic heterocycles. The molecule has 1 unspecified atom stereocenters. The molecule has 2 N–H and O–H groups in total. The predicted octanol–water partition coefficient (Wildman–Crippen LogP) is 3.64. The summed E-state index contributed by atoms with van der Waals surface area (Å²) in [4.78, 5) is 5.58. The average molecular weight is 319 g/mol. The number of rotatable bonds is 1. The van der Waals surface area contributed by atoms with E-state index in [0.717, 1.165) is 0 Å². The number of amidine groups is 1. The number of aliphatic imine (C=N–C) groups is 1. The Labute approximate surface area is 125 Å². The van der Waals surface area contributed by atoms with E-state index >= 15 is 0 Å². The summed E-state index contributed by atoms with van der Waals surface area (Å²) in [5.74, 6) is -0.175. The summed E-state index contributed by atoms with van der Waals surface area (Å²) < 4.78 is 0. The van der Waals surface area contributed by atoms with Crippen LogP contribution in [0.25, 0.3) is 0 Å². The van der Waals surface area contributed by atoms with Gasteiger partial charge >= 0.3 is 0 Å². The molecule has 0 amide bonds. The molecule has 0 radical (unpaired) electrons. The van der Waals surface area contributed by atoms with Gasteiger partial charge in [0.1, 0.15) is 0 Å². The first-order chi connectivity index (χ1) is 8.97. The van der Waals surface area contributed by atoms with Crippen molar-refractivity contribution in [2.75, 3.05) is 11.2 Å².